The van der Waals surface area contributed by atoms with Gasteiger partial charge in [0.1, 0.15) is 23.2 Å². The summed E-state index contributed by atoms with van der Waals surface area (Å²) in [7, 11) is 1.62. The van der Waals surface area contributed by atoms with Crippen molar-refractivity contribution >= 4 is 40.7 Å². The number of nitrogen functional groups attached to an aromatic ring is 1. The van der Waals surface area contributed by atoms with E-state index in [4.69, 9.17) is 15.2 Å². The lowest BCUT2D eigenvalue weighted by atomic mass is 9.87. The number of nitrogens with zero attached hydrogens (tertiary/aromatic N) is 5. The predicted octanol–water partition coefficient (Wildman–Crippen LogP) is 5.22. The van der Waals surface area contributed by atoms with E-state index >= 15 is 0 Å². The van der Waals surface area contributed by atoms with Gasteiger partial charge in [-0.2, -0.15) is 0 Å². The normalized spacial score (nSPS) is 17.7. The fourth-order valence-electron chi connectivity index (χ4n) is 6.72. The molecule has 3 N–H and O–H groups in total. The van der Waals surface area contributed by atoms with E-state index in [9.17, 15) is 19.2 Å². The molecule has 1 fully saturated rings. The van der Waals surface area contributed by atoms with Gasteiger partial charge in [0.25, 0.3) is 17.7 Å². The Balaban J connectivity index is 1.09. The van der Waals surface area contributed by atoms with E-state index in [1.54, 1.807) is 36.9 Å². The Hall–Kier alpha value is -5.46. The van der Waals surface area contributed by atoms with Crippen molar-refractivity contribution in [1.82, 2.24) is 24.8 Å². The number of benzene rings is 2. The minimum absolute atomic E-state index is 0.181. The van der Waals surface area contributed by atoms with E-state index in [1.165, 1.54) is 9.80 Å². The summed E-state index contributed by atoms with van der Waals surface area (Å²) in [6, 6.07) is 10.2. The minimum Gasteiger partial charge on any atom is -0.499 e. The number of aromatic nitrogens is 3. The average molecular weight is 696 g/mol. The molecule has 1 aromatic heterocycles. The van der Waals surface area contributed by atoms with Crippen molar-refractivity contribution in [2.75, 3.05) is 31.3 Å². The van der Waals surface area contributed by atoms with Crippen molar-refractivity contribution in [2.45, 2.75) is 84.2 Å². The monoisotopic (exact) mass is 695 g/mol. The van der Waals surface area contributed by atoms with Crippen LogP contribution in [0.15, 0.2) is 54.3 Å². The maximum Gasteiger partial charge on any atom is 0.278 e. The third kappa shape index (κ3) is 7.10. The van der Waals surface area contributed by atoms with Crippen LogP contribution in [-0.2, 0) is 26.3 Å². The maximum absolute atomic E-state index is 13.6. The van der Waals surface area contributed by atoms with Gasteiger partial charge in [0.2, 0.25) is 5.91 Å². The maximum atomic E-state index is 13.6. The van der Waals surface area contributed by atoms with E-state index in [0.29, 0.717) is 41.2 Å². The van der Waals surface area contributed by atoms with Crippen molar-refractivity contribution < 1.29 is 28.7 Å². The van der Waals surface area contributed by atoms with Crippen LogP contribution in [0.4, 0.5) is 11.4 Å². The van der Waals surface area contributed by atoms with Crippen molar-refractivity contribution in [3.8, 4) is 5.75 Å². The zero-order valence-corrected chi connectivity index (χ0v) is 29.8. The summed E-state index contributed by atoms with van der Waals surface area (Å²) in [6.45, 7) is 8.80. The highest BCUT2D eigenvalue weighted by molar-refractivity contribution is 6.06. The number of imide groups is 1. The lowest BCUT2D eigenvalue weighted by molar-refractivity contribution is -0.152. The highest BCUT2D eigenvalue weighted by Crippen LogP contribution is 2.34. The van der Waals surface area contributed by atoms with Gasteiger partial charge in [-0.15, -0.1) is 5.10 Å². The number of likely N-dealkylation sites (tertiary alicyclic amines) is 1. The SMILES string of the molecule is COC1=C(n2nnc(C(=O)Nc3cc(C(C)(C)C)ccc3OCCCCN3C(=O)CCC(N4Cc5c(N)cccc5C4=O)C3=O)c2C)C=CCC1. The van der Waals surface area contributed by atoms with Gasteiger partial charge in [0, 0.05) is 42.7 Å². The van der Waals surface area contributed by atoms with Gasteiger partial charge in [-0.3, -0.25) is 24.1 Å². The predicted molar refractivity (Wildman–Crippen MR) is 192 cm³/mol. The Labute approximate surface area is 297 Å². The van der Waals surface area contributed by atoms with Crippen molar-refractivity contribution in [3.63, 3.8) is 0 Å². The first-order valence-corrected chi connectivity index (χ1v) is 17.4. The molecule has 2 aromatic carbocycles. The quantitative estimate of drug-likeness (QED) is 0.156. The first-order chi connectivity index (χ1) is 24.4. The smallest absolute Gasteiger partial charge is 0.278 e. The molecule has 1 unspecified atom stereocenters. The second-order valence-electron chi connectivity index (χ2n) is 14.1. The third-order valence-electron chi connectivity index (χ3n) is 9.70. The number of ether oxygens (including phenoxy) is 2. The number of anilines is 2. The number of methoxy groups -OCH3 is 1. The number of hydrogen-bond acceptors (Lipinski definition) is 9. The second-order valence-corrected chi connectivity index (χ2v) is 14.1. The zero-order valence-electron chi connectivity index (χ0n) is 29.8. The van der Waals surface area contributed by atoms with Crippen LogP contribution in [0.3, 0.4) is 0 Å². The van der Waals surface area contributed by atoms with Crippen LogP contribution >= 0.6 is 0 Å². The second kappa shape index (κ2) is 14.4. The Bertz CT molecular complexity index is 1940. The third-order valence-corrected chi connectivity index (χ3v) is 9.70. The van der Waals surface area contributed by atoms with Crippen molar-refractivity contribution in [3.05, 3.63) is 82.4 Å². The molecule has 0 spiro atoms. The number of carbonyl (C=O) groups is 4. The molecule has 0 radical (unpaired) electrons. The number of rotatable bonds is 11. The van der Waals surface area contributed by atoms with E-state index in [-0.39, 0.29) is 61.4 Å². The van der Waals surface area contributed by atoms with Crippen LogP contribution < -0.4 is 15.8 Å². The van der Waals surface area contributed by atoms with E-state index < -0.39 is 11.9 Å². The molecule has 6 rings (SSSR count). The standard InChI is InChI=1S/C38H45N7O6/c1-23-34(41-42-45(23)29-13-6-7-14-32(29)50-5)35(47)40-28-21-24(38(2,3)4)15-17-31(28)51-20-9-8-19-43-33(46)18-16-30(37(43)49)44-22-26-25(36(44)48)11-10-12-27(26)39/h6,10-13,15,17,21,30H,7-9,14,16,18-20,22,39H2,1-5H3,(H,40,47). The fraction of sp³-hybridized carbons (Fsp3) is 0.421. The van der Waals surface area contributed by atoms with Gasteiger partial charge < -0.3 is 25.4 Å². The number of piperidine rings is 1. The number of unbranched alkanes of at least 4 members (excludes halogenated alkanes) is 1. The summed E-state index contributed by atoms with van der Waals surface area (Å²) in [5.74, 6) is -0.0117. The van der Waals surface area contributed by atoms with Crippen LogP contribution in [0.2, 0.25) is 0 Å². The number of allylic oxidation sites excluding steroid dienone is 4. The molecule has 4 amide bonds. The number of hydrogen-bond donors (Lipinski definition) is 2. The van der Waals surface area contributed by atoms with Gasteiger partial charge in [0.05, 0.1) is 25.1 Å². The molecule has 1 atom stereocenters. The van der Waals surface area contributed by atoms with E-state index in [0.717, 1.165) is 35.4 Å². The summed E-state index contributed by atoms with van der Waals surface area (Å²) in [4.78, 5) is 55.8. The lowest BCUT2D eigenvalue weighted by Crippen LogP contribution is -2.54. The van der Waals surface area contributed by atoms with Crippen LogP contribution in [0.5, 0.6) is 5.75 Å². The molecule has 13 heteroatoms. The first-order valence-electron chi connectivity index (χ1n) is 17.4. The molecule has 1 saturated heterocycles. The topological polar surface area (TPSA) is 162 Å². The minimum atomic E-state index is -0.714. The summed E-state index contributed by atoms with van der Waals surface area (Å²) in [5.41, 5.74) is 10.7. The molecule has 0 saturated carbocycles. The number of nitrogens with one attached hydrogen (secondary N) is 1. The van der Waals surface area contributed by atoms with Crippen LogP contribution in [0, 0.1) is 6.92 Å². The Morgan fingerprint density at radius 3 is 2.65 bits per heavy atom. The molecule has 13 nitrogen and oxygen atoms in total. The van der Waals surface area contributed by atoms with Crippen LogP contribution in [-0.4, -0.2) is 74.7 Å². The van der Waals surface area contributed by atoms with Crippen LogP contribution in [0.25, 0.3) is 5.70 Å². The molecule has 3 aliphatic rings. The van der Waals surface area contributed by atoms with Gasteiger partial charge in [-0.05, 0) is 73.9 Å². The largest absolute Gasteiger partial charge is 0.499 e. The Kier molecular flexibility index (Phi) is 10.00. The summed E-state index contributed by atoms with van der Waals surface area (Å²) < 4.78 is 13.3. The van der Waals surface area contributed by atoms with Crippen LogP contribution in [0.1, 0.15) is 97.0 Å². The number of nitrogens with two attached hydrogens (primary N) is 1. The van der Waals surface area contributed by atoms with Crippen molar-refractivity contribution in [1.29, 1.82) is 0 Å². The highest BCUT2D eigenvalue weighted by Gasteiger charge is 2.42. The molecule has 0 bridgehead atoms. The summed E-state index contributed by atoms with van der Waals surface area (Å²) >= 11 is 0. The molecular formula is C38H45N7O6. The van der Waals surface area contributed by atoms with E-state index in [2.05, 4.69) is 36.4 Å². The number of fused-ring (bicyclic) bond motifs is 1. The molecule has 268 valence electrons. The molecule has 3 aromatic rings. The lowest BCUT2D eigenvalue weighted by Gasteiger charge is -2.35. The van der Waals surface area contributed by atoms with Crippen molar-refractivity contribution in [2.24, 2.45) is 0 Å². The molecular weight excluding hydrogens is 650 g/mol. The van der Waals surface area contributed by atoms with Gasteiger partial charge in [0.15, 0.2) is 5.69 Å². The Morgan fingerprint density at radius 2 is 1.90 bits per heavy atom. The Morgan fingerprint density at radius 1 is 1.10 bits per heavy atom. The first kappa shape index (κ1) is 35.4. The van der Waals surface area contributed by atoms with E-state index in [1.807, 2.05) is 30.4 Å². The van der Waals surface area contributed by atoms with Gasteiger partial charge in [-0.25, -0.2) is 4.68 Å². The zero-order chi connectivity index (χ0) is 36.4. The molecule has 3 heterocycles. The highest BCUT2D eigenvalue weighted by atomic mass is 16.5. The fourth-order valence-corrected chi connectivity index (χ4v) is 6.72. The molecule has 1 aliphatic carbocycles. The summed E-state index contributed by atoms with van der Waals surface area (Å²) in [6.07, 6.45) is 7.07. The average Bonchev–Trinajstić information content (AvgIpc) is 3.66. The number of carbonyl (C=O) groups excluding carboxylic acids is 4. The van der Waals surface area contributed by atoms with Gasteiger partial charge in [-0.1, -0.05) is 44.2 Å². The molecule has 2 aliphatic heterocycles. The van der Waals surface area contributed by atoms with Gasteiger partial charge >= 0.3 is 0 Å². The molecule has 51 heavy (non-hydrogen) atoms. The summed E-state index contributed by atoms with van der Waals surface area (Å²) in [5, 5.41) is 11.4. The number of amides is 4.